The third-order valence-electron chi connectivity index (χ3n) is 4.44. The number of fused-ring (bicyclic) bond motifs is 2. The lowest BCUT2D eigenvalue weighted by atomic mass is 9.87. The molecule has 23 heavy (non-hydrogen) atoms. The molecule has 2 aliphatic heterocycles. The third-order valence-corrected chi connectivity index (χ3v) is 4.68. The predicted molar refractivity (Wildman–Crippen MR) is 91.0 cm³/mol. The maximum atomic E-state index is 12.8. The van der Waals surface area contributed by atoms with Crippen molar-refractivity contribution in [2.45, 2.75) is 18.9 Å². The van der Waals surface area contributed by atoms with E-state index in [0.717, 1.165) is 11.3 Å². The van der Waals surface area contributed by atoms with Gasteiger partial charge in [0.25, 0.3) is 0 Å². The van der Waals surface area contributed by atoms with Gasteiger partial charge in [0.2, 0.25) is 5.78 Å². The molecule has 2 heterocycles. The smallest absolute Gasteiger partial charge is 0.204 e. The van der Waals surface area contributed by atoms with Gasteiger partial charge in [0.1, 0.15) is 5.84 Å². The molecule has 4 rings (SSSR count). The van der Waals surface area contributed by atoms with Gasteiger partial charge in [-0.05, 0) is 37.3 Å². The summed E-state index contributed by atoms with van der Waals surface area (Å²) in [7, 11) is 0. The number of aryl methyl sites for hydroxylation is 1. The number of nitrogens with zero attached hydrogens (tertiary/aromatic N) is 2. The van der Waals surface area contributed by atoms with Crippen molar-refractivity contribution in [3.05, 3.63) is 58.6 Å². The average molecular weight is 327 g/mol. The second-order valence-corrected chi connectivity index (χ2v) is 6.46. The maximum absolute atomic E-state index is 12.8. The van der Waals surface area contributed by atoms with E-state index in [1.807, 2.05) is 42.2 Å². The molecule has 1 unspecified atom stereocenters. The molecule has 1 fully saturated rings. The van der Waals surface area contributed by atoms with Crippen molar-refractivity contribution in [3.8, 4) is 0 Å². The van der Waals surface area contributed by atoms with Crippen LogP contribution in [0.5, 0.6) is 0 Å². The summed E-state index contributed by atoms with van der Waals surface area (Å²) in [5, 5.41) is 11.6. The number of carbonyl (C=O) groups is 1. The molecule has 0 spiro atoms. The van der Waals surface area contributed by atoms with Crippen LogP contribution in [0.3, 0.4) is 0 Å². The molecule has 4 nitrogen and oxygen atoms in total. The number of hydrogen-bond donors (Lipinski definition) is 1. The van der Waals surface area contributed by atoms with Crippen LogP contribution in [0.15, 0.2) is 47.5 Å². The summed E-state index contributed by atoms with van der Waals surface area (Å²) < 4.78 is 0. The molecule has 0 aromatic heterocycles. The Hall–Kier alpha value is -2.17. The van der Waals surface area contributed by atoms with Gasteiger partial charge >= 0.3 is 0 Å². The van der Waals surface area contributed by atoms with Crippen molar-refractivity contribution in [2.75, 3.05) is 11.4 Å². The van der Waals surface area contributed by atoms with Gasteiger partial charge in [-0.3, -0.25) is 4.79 Å². The molecule has 0 amide bonds. The molecule has 1 saturated heterocycles. The third kappa shape index (κ3) is 2.10. The van der Waals surface area contributed by atoms with Crippen molar-refractivity contribution in [1.29, 1.82) is 0 Å². The normalized spacial score (nSPS) is 22.7. The second-order valence-electron chi connectivity index (χ2n) is 6.03. The lowest BCUT2D eigenvalue weighted by Crippen LogP contribution is -2.48. The number of anilines is 1. The minimum absolute atomic E-state index is 0.272. The number of hydrogen-bond acceptors (Lipinski definition) is 4. The zero-order chi connectivity index (χ0) is 16.2. The van der Waals surface area contributed by atoms with Gasteiger partial charge in [0, 0.05) is 29.2 Å². The summed E-state index contributed by atoms with van der Waals surface area (Å²) in [5.74, 6) is 0.117. The van der Waals surface area contributed by atoms with Crippen molar-refractivity contribution >= 4 is 34.6 Å². The maximum Gasteiger partial charge on any atom is 0.204 e. The van der Waals surface area contributed by atoms with E-state index in [4.69, 9.17) is 11.6 Å². The van der Waals surface area contributed by atoms with Crippen LogP contribution in [0.4, 0.5) is 11.4 Å². The number of carbonyl (C=O) groups excluding carboxylic acids is 1. The van der Waals surface area contributed by atoms with Crippen molar-refractivity contribution in [2.24, 2.45) is 4.99 Å². The monoisotopic (exact) mass is 326 g/mol. The van der Waals surface area contributed by atoms with Crippen LogP contribution in [-0.2, 0) is 0 Å². The van der Waals surface area contributed by atoms with Gasteiger partial charge in [-0.15, -0.1) is 0 Å². The van der Waals surface area contributed by atoms with E-state index in [1.165, 1.54) is 0 Å². The Kier molecular flexibility index (Phi) is 3.08. The Bertz CT molecular complexity index is 862. The summed E-state index contributed by atoms with van der Waals surface area (Å²) in [6.45, 7) is 2.44. The van der Waals surface area contributed by atoms with E-state index in [2.05, 4.69) is 4.99 Å². The first-order chi connectivity index (χ1) is 11.0. The summed E-state index contributed by atoms with van der Waals surface area (Å²) in [5.41, 5.74) is 1.35. The van der Waals surface area contributed by atoms with Gasteiger partial charge in [-0.25, -0.2) is 4.99 Å². The zero-order valence-corrected chi connectivity index (χ0v) is 13.3. The Morgan fingerprint density at radius 1 is 1.26 bits per heavy atom. The van der Waals surface area contributed by atoms with Gasteiger partial charge in [-0.1, -0.05) is 29.3 Å². The number of Topliss-reactive ketones (excluding diaryl/α,β-unsaturated/α-hetero) is 1. The van der Waals surface area contributed by atoms with Crippen LogP contribution in [0.2, 0.25) is 5.02 Å². The molecule has 0 saturated carbocycles. The standard InChI is InChI=1S/C18H15ClN2O2/c1-11-5-6-15-14(9-11)16(22)18(23)7-8-21(17(18)20-15)13-4-2-3-12(19)10-13/h2-6,9-10,23H,7-8H2,1H3. The van der Waals surface area contributed by atoms with Crippen LogP contribution in [0, 0.1) is 6.92 Å². The van der Waals surface area contributed by atoms with Gasteiger partial charge in [0.15, 0.2) is 5.60 Å². The topological polar surface area (TPSA) is 52.9 Å². The van der Waals surface area contributed by atoms with Gasteiger partial charge in [0.05, 0.1) is 5.69 Å². The Morgan fingerprint density at radius 3 is 2.87 bits per heavy atom. The summed E-state index contributed by atoms with van der Waals surface area (Å²) in [6, 6.07) is 12.9. The highest BCUT2D eigenvalue weighted by Gasteiger charge is 2.52. The molecule has 1 N–H and O–H groups in total. The summed E-state index contributed by atoms with van der Waals surface area (Å²) in [6.07, 6.45) is 0.324. The molecule has 1 atom stereocenters. The predicted octanol–water partition coefficient (Wildman–Crippen LogP) is 3.52. The molecule has 0 aliphatic carbocycles. The average Bonchev–Trinajstić information content (AvgIpc) is 2.87. The fourth-order valence-electron chi connectivity index (χ4n) is 3.24. The first-order valence-corrected chi connectivity index (χ1v) is 7.87. The highest BCUT2D eigenvalue weighted by Crippen LogP contribution is 2.39. The lowest BCUT2D eigenvalue weighted by molar-refractivity contribution is 0.0602. The largest absolute Gasteiger partial charge is 0.374 e. The van der Waals surface area contributed by atoms with E-state index >= 15 is 0 Å². The molecular weight excluding hydrogens is 312 g/mol. The summed E-state index contributed by atoms with van der Waals surface area (Å²) >= 11 is 6.06. The van der Waals surface area contributed by atoms with Crippen LogP contribution < -0.4 is 4.90 Å². The molecule has 2 aromatic carbocycles. The number of benzene rings is 2. The number of halogens is 1. The molecule has 0 bridgehead atoms. The van der Waals surface area contributed by atoms with E-state index in [-0.39, 0.29) is 5.78 Å². The zero-order valence-electron chi connectivity index (χ0n) is 12.6. The number of aliphatic imine (C=N–C) groups is 1. The number of rotatable bonds is 1. The van der Waals surface area contributed by atoms with E-state index in [0.29, 0.717) is 35.1 Å². The van der Waals surface area contributed by atoms with Gasteiger partial charge < -0.3 is 10.0 Å². The molecule has 5 heteroatoms. The molecule has 116 valence electrons. The highest BCUT2D eigenvalue weighted by molar-refractivity contribution is 6.31. The van der Waals surface area contributed by atoms with Crippen LogP contribution in [0.1, 0.15) is 22.3 Å². The Balaban J connectivity index is 1.87. The molecule has 2 aromatic rings. The number of ketones is 1. The second kappa shape index (κ2) is 4.91. The number of aliphatic hydroxyl groups is 1. The first kappa shape index (κ1) is 14.4. The number of amidine groups is 1. The molecular formula is C18H15ClN2O2. The highest BCUT2D eigenvalue weighted by atomic mass is 35.5. The lowest BCUT2D eigenvalue weighted by Gasteiger charge is -2.29. The van der Waals surface area contributed by atoms with Crippen LogP contribution in [0.25, 0.3) is 0 Å². The SMILES string of the molecule is Cc1ccc2c(c1)C(=O)C1(O)CCN(c3cccc(Cl)c3)C1=N2. The van der Waals surface area contributed by atoms with E-state index < -0.39 is 5.60 Å². The molecule has 0 radical (unpaired) electrons. The minimum atomic E-state index is -1.55. The first-order valence-electron chi connectivity index (χ1n) is 7.49. The Labute approximate surface area is 139 Å². The van der Waals surface area contributed by atoms with E-state index in [1.54, 1.807) is 12.1 Å². The minimum Gasteiger partial charge on any atom is -0.374 e. The van der Waals surface area contributed by atoms with Crippen molar-refractivity contribution in [1.82, 2.24) is 0 Å². The van der Waals surface area contributed by atoms with E-state index in [9.17, 15) is 9.90 Å². The van der Waals surface area contributed by atoms with Crippen LogP contribution in [-0.4, -0.2) is 28.9 Å². The fourth-order valence-corrected chi connectivity index (χ4v) is 3.43. The van der Waals surface area contributed by atoms with Crippen LogP contribution >= 0.6 is 11.6 Å². The van der Waals surface area contributed by atoms with Crippen molar-refractivity contribution in [3.63, 3.8) is 0 Å². The fraction of sp³-hybridized carbons (Fsp3) is 0.222. The quantitative estimate of drug-likeness (QED) is 0.872. The van der Waals surface area contributed by atoms with Gasteiger partial charge in [-0.2, -0.15) is 0 Å². The van der Waals surface area contributed by atoms with Crippen molar-refractivity contribution < 1.29 is 9.90 Å². The molecule has 2 aliphatic rings. The Morgan fingerprint density at radius 2 is 2.09 bits per heavy atom. The summed E-state index contributed by atoms with van der Waals surface area (Å²) in [4.78, 5) is 19.3.